The number of methoxy groups -OCH3 is 2. The standard InChI is InChI=1S/C17H24O9/c1-5-25-13(18)8-10-17(22,16(21)24-4)9-7-12(15(20)23-3)11-14(19)26-6-2/h7-8,10,22H,5-6,9,11H2,1-4H3/b10-8+,12-7+. The van der Waals surface area contributed by atoms with E-state index in [-0.39, 0.29) is 18.8 Å². The summed E-state index contributed by atoms with van der Waals surface area (Å²) in [5, 5.41) is 10.5. The Hall–Kier alpha value is -2.68. The van der Waals surface area contributed by atoms with Crippen LogP contribution >= 0.6 is 0 Å². The van der Waals surface area contributed by atoms with Crippen LogP contribution in [0.2, 0.25) is 0 Å². The molecular weight excluding hydrogens is 348 g/mol. The second-order valence-corrected chi connectivity index (χ2v) is 4.91. The first-order chi connectivity index (χ1) is 12.2. The molecule has 0 heterocycles. The molecule has 0 spiro atoms. The van der Waals surface area contributed by atoms with Gasteiger partial charge in [0.2, 0.25) is 0 Å². The van der Waals surface area contributed by atoms with Crippen LogP contribution in [0.3, 0.4) is 0 Å². The SMILES string of the molecule is CCOC(=O)/C=C/C(O)(C/C=C(\CC(=O)OCC)C(=O)OC)C(=O)OC. The van der Waals surface area contributed by atoms with Gasteiger partial charge in [-0.15, -0.1) is 0 Å². The largest absolute Gasteiger partial charge is 0.467 e. The summed E-state index contributed by atoms with van der Waals surface area (Å²) >= 11 is 0. The zero-order valence-electron chi connectivity index (χ0n) is 15.3. The highest BCUT2D eigenvalue weighted by molar-refractivity contribution is 5.94. The minimum absolute atomic E-state index is 0.113. The molecule has 0 fully saturated rings. The molecule has 0 aliphatic carbocycles. The van der Waals surface area contributed by atoms with E-state index in [0.29, 0.717) is 0 Å². The van der Waals surface area contributed by atoms with Crippen LogP contribution < -0.4 is 0 Å². The quantitative estimate of drug-likeness (QED) is 0.330. The monoisotopic (exact) mass is 372 g/mol. The van der Waals surface area contributed by atoms with Crippen LogP contribution in [0.25, 0.3) is 0 Å². The molecular formula is C17H24O9. The van der Waals surface area contributed by atoms with Crippen LogP contribution in [-0.2, 0) is 38.1 Å². The van der Waals surface area contributed by atoms with Crippen molar-refractivity contribution in [3.05, 3.63) is 23.8 Å². The minimum Gasteiger partial charge on any atom is -0.467 e. The lowest BCUT2D eigenvalue weighted by Crippen LogP contribution is -2.37. The van der Waals surface area contributed by atoms with Gasteiger partial charge in [-0.1, -0.05) is 6.08 Å². The molecule has 1 N–H and O–H groups in total. The molecule has 0 aliphatic heterocycles. The lowest BCUT2D eigenvalue weighted by atomic mass is 9.96. The smallest absolute Gasteiger partial charge is 0.342 e. The van der Waals surface area contributed by atoms with E-state index >= 15 is 0 Å². The second-order valence-electron chi connectivity index (χ2n) is 4.91. The second kappa shape index (κ2) is 11.8. The van der Waals surface area contributed by atoms with E-state index in [4.69, 9.17) is 4.74 Å². The molecule has 0 saturated carbocycles. The molecule has 0 aromatic carbocycles. The normalized spacial score (nSPS) is 13.7. The molecule has 9 nitrogen and oxygen atoms in total. The molecule has 0 aliphatic rings. The molecule has 146 valence electrons. The summed E-state index contributed by atoms with van der Waals surface area (Å²) in [7, 11) is 2.17. The van der Waals surface area contributed by atoms with Gasteiger partial charge in [0.25, 0.3) is 0 Å². The Labute approximate surface area is 151 Å². The average molecular weight is 372 g/mol. The third-order valence-corrected chi connectivity index (χ3v) is 3.07. The topological polar surface area (TPSA) is 125 Å². The molecule has 0 radical (unpaired) electrons. The average Bonchev–Trinajstić information content (AvgIpc) is 2.62. The molecule has 0 rings (SSSR count). The number of rotatable bonds is 10. The molecule has 0 aromatic rings. The lowest BCUT2D eigenvalue weighted by molar-refractivity contribution is -0.157. The van der Waals surface area contributed by atoms with Gasteiger partial charge in [-0.05, 0) is 19.9 Å². The maximum absolute atomic E-state index is 11.9. The Balaban J connectivity index is 5.52. The Morgan fingerprint density at radius 1 is 1.00 bits per heavy atom. The molecule has 0 saturated heterocycles. The summed E-state index contributed by atoms with van der Waals surface area (Å²) in [6.45, 7) is 3.45. The number of aliphatic hydroxyl groups is 1. The van der Waals surface area contributed by atoms with Crippen molar-refractivity contribution in [1.29, 1.82) is 0 Å². The highest BCUT2D eigenvalue weighted by Gasteiger charge is 2.34. The van der Waals surface area contributed by atoms with Gasteiger partial charge in [0.05, 0.1) is 33.9 Å². The summed E-state index contributed by atoms with van der Waals surface area (Å²) in [6.07, 6.45) is 2.07. The van der Waals surface area contributed by atoms with Crippen molar-refractivity contribution in [3.63, 3.8) is 0 Å². The number of hydrogen-bond acceptors (Lipinski definition) is 9. The number of esters is 4. The zero-order chi connectivity index (χ0) is 20.2. The van der Waals surface area contributed by atoms with Gasteiger partial charge in [0.1, 0.15) is 0 Å². The van der Waals surface area contributed by atoms with Crippen molar-refractivity contribution in [2.45, 2.75) is 32.3 Å². The van der Waals surface area contributed by atoms with E-state index in [1.807, 2.05) is 0 Å². The summed E-state index contributed by atoms with van der Waals surface area (Å²) in [5.74, 6) is -3.32. The fraction of sp³-hybridized carbons (Fsp3) is 0.529. The Kier molecular flexibility index (Phi) is 10.6. The van der Waals surface area contributed by atoms with E-state index in [1.165, 1.54) is 0 Å². The van der Waals surface area contributed by atoms with Crippen molar-refractivity contribution in [3.8, 4) is 0 Å². The lowest BCUT2D eigenvalue weighted by Gasteiger charge is -2.20. The predicted molar refractivity (Wildman–Crippen MR) is 88.7 cm³/mol. The fourth-order valence-electron chi connectivity index (χ4n) is 1.80. The summed E-state index contributed by atoms with van der Waals surface area (Å²) < 4.78 is 18.5. The highest BCUT2D eigenvalue weighted by atomic mass is 16.5. The van der Waals surface area contributed by atoms with E-state index in [1.54, 1.807) is 13.8 Å². The van der Waals surface area contributed by atoms with Gasteiger partial charge in [-0.2, -0.15) is 0 Å². The maximum atomic E-state index is 11.9. The minimum atomic E-state index is -2.24. The summed E-state index contributed by atoms with van der Waals surface area (Å²) in [6, 6.07) is 0. The van der Waals surface area contributed by atoms with Crippen LogP contribution in [0.15, 0.2) is 23.8 Å². The van der Waals surface area contributed by atoms with Crippen molar-refractivity contribution in [2.24, 2.45) is 0 Å². The van der Waals surface area contributed by atoms with Crippen molar-refractivity contribution in [2.75, 3.05) is 27.4 Å². The highest BCUT2D eigenvalue weighted by Crippen LogP contribution is 2.19. The molecule has 1 atom stereocenters. The van der Waals surface area contributed by atoms with E-state index in [2.05, 4.69) is 14.2 Å². The van der Waals surface area contributed by atoms with Gasteiger partial charge in [0.15, 0.2) is 5.60 Å². The predicted octanol–water partition coefficient (Wildman–Crippen LogP) is 0.452. The van der Waals surface area contributed by atoms with Crippen molar-refractivity contribution < 1.29 is 43.2 Å². The van der Waals surface area contributed by atoms with Crippen molar-refractivity contribution in [1.82, 2.24) is 0 Å². The number of hydrogen-bond donors (Lipinski definition) is 1. The zero-order valence-corrected chi connectivity index (χ0v) is 15.3. The van der Waals surface area contributed by atoms with Gasteiger partial charge in [0, 0.05) is 18.1 Å². The van der Waals surface area contributed by atoms with E-state index in [0.717, 1.165) is 32.4 Å². The number of carbonyl (C=O) groups excluding carboxylic acids is 4. The molecule has 9 heteroatoms. The third-order valence-electron chi connectivity index (χ3n) is 3.07. The van der Waals surface area contributed by atoms with Gasteiger partial charge < -0.3 is 24.1 Å². The summed E-state index contributed by atoms with van der Waals surface area (Å²) in [5.41, 5.74) is -2.35. The number of ether oxygens (including phenoxy) is 4. The van der Waals surface area contributed by atoms with E-state index in [9.17, 15) is 24.3 Å². The van der Waals surface area contributed by atoms with Crippen LogP contribution in [0.5, 0.6) is 0 Å². The van der Waals surface area contributed by atoms with Gasteiger partial charge >= 0.3 is 23.9 Å². The molecule has 26 heavy (non-hydrogen) atoms. The molecule has 0 amide bonds. The Morgan fingerprint density at radius 2 is 1.62 bits per heavy atom. The van der Waals surface area contributed by atoms with Crippen LogP contribution in [0.1, 0.15) is 26.7 Å². The Morgan fingerprint density at radius 3 is 2.12 bits per heavy atom. The molecule has 0 bridgehead atoms. The first-order valence-electron chi connectivity index (χ1n) is 7.83. The van der Waals surface area contributed by atoms with Crippen LogP contribution in [0.4, 0.5) is 0 Å². The van der Waals surface area contributed by atoms with Crippen LogP contribution in [-0.4, -0.2) is 62.0 Å². The molecule has 1 unspecified atom stereocenters. The summed E-state index contributed by atoms with van der Waals surface area (Å²) in [4.78, 5) is 46.6. The Bertz CT molecular complexity index is 577. The fourth-order valence-corrected chi connectivity index (χ4v) is 1.80. The first-order valence-corrected chi connectivity index (χ1v) is 7.83. The van der Waals surface area contributed by atoms with Gasteiger partial charge in [-0.3, -0.25) is 4.79 Å². The first kappa shape index (κ1) is 23.3. The van der Waals surface area contributed by atoms with Gasteiger partial charge in [-0.25, -0.2) is 14.4 Å². The molecule has 0 aromatic heterocycles. The van der Waals surface area contributed by atoms with E-state index < -0.39 is 42.3 Å². The van der Waals surface area contributed by atoms with Crippen LogP contribution in [0, 0.1) is 0 Å². The maximum Gasteiger partial charge on any atom is 0.342 e. The third kappa shape index (κ3) is 7.93. The van der Waals surface area contributed by atoms with Crippen molar-refractivity contribution >= 4 is 23.9 Å². The number of carbonyl (C=O) groups is 4.